The fourth-order valence-corrected chi connectivity index (χ4v) is 2.31. The highest BCUT2D eigenvalue weighted by Crippen LogP contribution is 2.32. The van der Waals surface area contributed by atoms with Crippen molar-refractivity contribution in [2.75, 3.05) is 18.0 Å². The van der Waals surface area contributed by atoms with E-state index < -0.39 is 22.2 Å². The van der Waals surface area contributed by atoms with E-state index in [9.17, 15) is 18.9 Å². The van der Waals surface area contributed by atoms with Crippen LogP contribution in [0.1, 0.15) is 12.8 Å². The second-order valence-corrected chi connectivity index (χ2v) is 4.24. The van der Waals surface area contributed by atoms with Gasteiger partial charge in [-0.2, -0.15) is 0 Å². The van der Waals surface area contributed by atoms with Gasteiger partial charge in [-0.1, -0.05) is 0 Å². The SMILES string of the molecule is NCC1CCCN1c1c(F)cc([N+](=O)[O-])cc1F. The van der Waals surface area contributed by atoms with Crippen molar-refractivity contribution in [2.24, 2.45) is 5.73 Å². The Morgan fingerprint density at radius 3 is 2.56 bits per heavy atom. The Morgan fingerprint density at radius 2 is 2.06 bits per heavy atom. The molecule has 1 aliphatic rings. The highest BCUT2D eigenvalue weighted by atomic mass is 19.1. The molecule has 1 heterocycles. The fraction of sp³-hybridized carbons (Fsp3) is 0.455. The van der Waals surface area contributed by atoms with Gasteiger partial charge < -0.3 is 10.6 Å². The first kappa shape index (κ1) is 12.7. The minimum absolute atomic E-state index is 0.115. The summed E-state index contributed by atoms with van der Waals surface area (Å²) in [6, 6.07) is 1.37. The molecule has 98 valence electrons. The van der Waals surface area contributed by atoms with Crippen LogP contribution in [-0.4, -0.2) is 24.1 Å². The van der Waals surface area contributed by atoms with Gasteiger partial charge in [-0.15, -0.1) is 0 Å². The van der Waals surface area contributed by atoms with Gasteiger partial charge in [0.1, 0.15) is 5.69 Å². The Balaban J connectivity index is 2.42. The highest BCUT2D eigenvalue weighted by Gasteiger charge is 2.29. The van der Waals surface area contributed by atoms with Crippen molar-refractivity contribution < 1.29 is 13.7 Å². The van der Waals surface area contributed by atoms with Crippen molar-refractivity contribution >= 4 is 11.4 Å². The molecule has 1 aromatic carbocycles. The van der Waals surface area contributed by atoms with Crippen molar-refractivity contribution in [1.82, 2.24) is 0 Å². The summed E-state index contributed by atoms with van der Waals surface area (Å²) in [5.74, 6) is -1.83. The molecule has 0 saturated carbocycles. The zero-order valence-corrected chi connectivity index (χ0v) is 9.60. The van der Waals surface area contributed by atoms with E-state index in [0.29, 0.717) is 13.1 Å². The zero-order valence-electron chi connectivity index (χ0n) is 9.60. The predicted molar refractivity (Wildman–Crippen MR) is 62.4 cm³/mol. The molecule has 1 aliphatic heterocycles. The van der Waals surface area contributed by atoms with Gasteiger partial charge in [-0.3, -0.25) is 10.1 Å². The molecular formula is C11H13F2N3O2. The summed E-state index contributed by atoms with van der Waals surface area (Å²) in [6.07, 6.45) is 1.57. The Kier molecular flexibility index (Phi) is 3.42. The summed E-state index contributed by atoms with van der Waals surface area (Å²) in [5.41, 5.74) is 4.74. The molecule has 1 unspecified atom stereocenters. The summed E-state index contributed by atoms with van der Waals surface area (Å²) >= 11 is 0. The van der Waals surface area contributed by atoms with Crippen molar-refractivity contribution in [1.29, 1.82) is 0 Å². The summed E-state index contributed by atoms with van der Waals surface area (Å²) in [7, 11) is 0. The quantitative estimate of drug-likeness (QED) is 0.662. The maximum absolute atomic E-state index is 13.8. The minimum atomic E-state index is -0.915. The number of benzene rings is 1. The van der Waals surface area contributed by atoms with E-state index in [2.05, 4.69) is 0 Å². The Hall–Kier alpha value is -1.76. The number of non-ortho nitro benzene ring substituents is 1. The normalized spacial score (nSPS) is 19.3. The van der Waals surface area contributed by atoms with Gasteiger partial charge in [0.05, 0.1) is 17.1 Å². The molecule has 18 heavy (non-hydrogen) atoms. The van der Waals surface area contributed by atoms with E-state index in [4.69, 9.17) is 5.73 Å². The smallest absolute Gasteiger partial charge is 0.275 e. The van der Waals surface area contributed by atoms with E-state index in [1.165, 1.54) is 0 Å². The van der Waals surface area contributed by atoms with Crippen LogP contribution in [0, 0.1) is 21.7 Å². The Morgan fingerprint density at radius 1 is 1.44 bits per heavy atom. The average molecular weight is 257 g/mol. The van der Waals surface area contributed by atoms with Crippen LogP contribution < -0.4 is 10.6 Å². The van der Waals surface area contributed by atoms with E-state index >= 15 is 0 Å². The number of nitrogens with zero attached hydrogens (tertiary/aromatic N) is 2. The Bertz CT molecular complexity index is 458. The van der Waals surface area contributed by atoms with Crippen LogP contribution in [0.2, 0.25) is 0 Å². The van der Waals surface area contributed by atoms with Crippen LogP contribution in [-0.2, 0) is 0 Å². The van der Waals surface area contributed by atoms with Gasteiger partial charge in [0, 0.05) is 19.1 Å². The molecule has 0 bridgehead atoms. The molecule has 0 spiro atoms. The molecule has 0 radical (unpaired) electrons. The summed E-state index contributed by atoms with van der Waals surface area (Å²) in [5, 5.41) is 10.5. The van der Waals surface area contributed by atoms with Crippen LogP contribution in [0.5, 0.6) is 0 Å². The number of nitro benzene ring substituents is 1. The number of anilines is 1. The first-order valence-electron chi connectivity index (χ1n) is 5.64. The molecule has 1 saturated heterocycles. The summed E-state index contributed by atoms with van der Waals surface area (Å²) in [4.78, 5) is 11.2. The third kappa shape index (κ3) is 2.13. The molecule has 2 rings (SSSR count). The van der Waals surface area contributed by atoms with E-state index in [1.54, 1.807) is 4.90 Å². The van der Waals surface area contributed by atoms with Crippen LogP contribution in [0.25, 0.3) is 0 Å². The van der Waals surface area contributed by atoms with Gasteiger partial charge in [0.15, 0.2) is 11.6 Å². The maximum Gasteiger partial charge on any atom is 0.275 e. The number of hydrogen-bond acceptors (Lipinski definition) is 4. The van der Waals surface area contributed by atoms with Crippen LogP contribution in [0.3, 0.4) is 0 Å². The summed E-state index contributed by atoms with van der Waals surface area (Å²) < 4.78 is 27.6. The van der Waals surface area contributed by atoms with E-state index in [1.807, 2.05) is 0 Å². The molecule has 7 heteroatoms. The highest BCUT2D eigenvalue weighted by molar-refractivity contribution is 5.55. The van der Waals surface area contributed by atoms with Gasteiger partial charge in [0.25, 0.3) is 5.69 Å². The predicted octanol–water partition coefficient (Wildman–Crippen LogP) is 1.80. The monoisotopic (exact) mass is 257 g/mol. The van der Waals surface area contributed by atoms with Crippen LogP contribution >= 0.6 is 0 Å². The zero-order chi connectivity index (χ0) is 13.3. The molecule has 0 amide bonds. The topological polar surface area (TPSA) is 72.4 Å². The molecule has 1 atom stereocenters. The van der Waals surface area contributed by atoms with Crippen molar-refractivity contribution in [3.8, 4) is 0 Å². The molecule has 5 nitrogen and oxygen atoms in total. The lowest BCUT2D eigenvalue weighted by Crippen LogP contribution is -2.36. The molecule has 1 fully saturated rings. The first-order chi connectivity index (χ1) is 8.54. The number of hydrogen-bond donors (Lipinski definition) is 1. The fourth-order valence-electron chi connectivity index (χ4n) is 2.31. The van der Waals surface area contributed by atoms with Gasteiger partial charge in [-0.05, 0) is 12.8 Å². The standard InChI is InChI=1S/C11H13F2N3O2/c12-9-4-8(16(17)18)5-10(13)11(9)15-3-1-2-7(15)6-14/h4-5,7H,1-3,6,14H2. The number of rotatable bonds is 3. The lowest BCUT2D eigenvalue weighted by Gasteiger charge is -2.26. The lowest BCUT2D eigenvalue weighted by atomic mass is 10.2. The number of halogens is 2. The third-order valence-corrected chi connectivity index (χ3v) is 3.15. The van der Waals surface area contributed by atoms with Gasteiger partial charge in [0.2, 0.25) is 0 Å². The number of nitro groups is 1. The number of nitrogens with two attached hydrogens (primary N) is 1. The third-order valence-electron chi connectivity index (χ3n) is 3.15. The second-order valence-electron chi connectivity index (χ2n) is 4.24. The van der Waals surface area contributed by atoms with Crippen LogP contribution in [0.15, 0.2) is 12.1 Å². The molecule has 0 aliphatic carbocycles. The van der Waals surface area contributed by atoms with Crippen LogP contribution in [0.4, 0.5) is 20.2 Å². The molecule has 0 aromatic heterocycles. The van der Waals surface area contributed by atoms with Crippen molar-refractivity contribution in [3.63, 3.8) is 0 Å². The van der Waals surface area contributed by atoms with Crippen molar-refractivity contribution in [2.45, 2.75) is 18.9 Å². The lowest BCUT2D eigenvalue weighted by molar-refractivity contribution is -0.385. The summed E-state index contributed by atoms with van der Waals surface area (Å²) in [6.45, 7) is 0.809. The van der Waals surface area contributed by atoms with E-state index in [0.717, 1.165) is 25.0 Å². The Labute approximate surface area is 102 Å². The second kappa shape index (κ2) is 4.85. The maximum atomic E-state index is 13.8. The first-order valence-corrected chi connectivity index (χ1v) is 5.64. The van der Waals surface area contributed by atoms with Crippen molar-refractivity contribution in [3.05, 3.63) is 33.9 Å². The molecule has 2 N–H and O–H groups in total. The molecular weight excluding hydrogens is 244 g/mol. The largest absolute Gasteiger partial charge is 0.363 e. The minimum Gasteiger partial charge on any atom is -0.363 e. The molecule has 1 aromatic rings. The van der Waals surface area contributed by atoms with Gasteiger partial charge in [-0.25, -0.2) is 8.78 Å². The average Bonchev–Trinajstić information content (AvgIpc) is 2.76. The van der Waals surface area contributed by atoms with E-state index in [-0.39, 0.29) is 11.7 Å². The van der Waals surface area contributed by atoms with Gasteiger partial charge >= 0.3 is 0 Å².